The molecule has 0 radical (unpaired) electrons. The Kier molecular flexibility index (Phi) is 4.58. The van der Waals surface area contributed by atoms with Crippen molar-refractivity contribution in [3.63, 3.8) is 0 Å². The van der Waals surface area contributed by atoms with E-state index >= 15 is 0 Å². The Morgan fingerprint density at radius 3 is 2.89 bits per heavy atom. The highest BCUT2D eigenvalue weighted by molar-refractivity contribution is 5.30. The summed E-state index contributed by atoms with van der Waals surface area (Å²) in [4.78, 5) is 18.6. The van der Waals surface area contributed by atoms with E-state index in [1.54, 1.807) is 17.0 Å². The predicted molar refractivity (Wildman–Crippen MR) is 77.5 cm³/mol. The molecule has 0 amide bonds. The molecule has 1 aliphatic carbocycles. The van der Waals surface area contributed by atoms with Crippen LogP contribution in [-0.2, 0) is 6.54 Å². The molecule has 1 aliphatic rings. The van der Waals surface area contributed by atoms with Crippen LogP contribution in [0.3, 0.4) is 0 Å². The molecule has 0 spiro atoms. The van der Waals surface area contributed by atoms with Gasteiger partial charge < -0.3 is 14.8 Å². The highest BCUT2D eigenvalue weighted by atomic mass is 16.1. The summed E-state index contributed by atoms with van der Waals surface area (Å²) in [6.45, 7) is 6.65. The highest BCUT2D eigenvalue weighted by Gasteiger charge is 2.25. The first-order chi connectivity index (χ1) is 9.08. The van der Waals surface area contributed by atoms with Crippen LogP contribution in [0.25, 0.3) is 0 Å². The molecule has 5 nitrogen and oxygen atoms in total. The monoisotopic (exact) mass is 264 g/mol. The molecule has 0 saturated heterocycles. The Hall–Kier alpha value is -1.36. The Labute approximate surface area is 114 Å². The molecule has 0 aromatic carbocycles. The Morgan fingerprint density at radius 1 is 1.53 bits per heavy atom. The zero-order chi connectivity index (χ0) is 13.8. The van der Waals surface area contributed by atoms with Crippen molar-refractivity contribution in [3.05, 3.63) is 22.7 Å². The van der Waals surface area contributed by atoms with E-state index in [9.17, 15) is 4.79 Å². The first-order valence-electron chi connectivity index (χ1n) is 7.07. The van der Waals surface area contributed by atoms with E-state index in [1.165, 1.54) is 12.8 Å². The van der Waals surface area contributed by atoms with Gasteiger partial charge in [0.2, 0.25) is 0 Å². The van der Waals surface area contributed by atoms with Crippen LogP contribution in [0.4, 0.5) is 5.82 Å². The van der Waals surface area contributed by atoms with E-state index in [0.29, 0.717) is 11.7 Å². The van der Waals surface area contributed by atoms with E-state index < -0.39 is 0 Å². The number of hydrogen-bond donors (Lipinski definition) is 1. The number of anilines is 1. The summed E-state index contributed by atoms with van der Waals surface area (Å²) in [6, 6.07) is 0.753. The van der Waals surface area contributed by atoms with E-state index in [1.807, 2.05) is 0 Å². The first kappa shape index (κ1) is 14.1. The summed E-state index contributed by atoms with van der Waals surface area (Å²) in [7, 11) is 2.13. The lowest BCUT2D eigenvalue weighted by atomic mass is 10.2. The molecule has 1 heterocycles. The summed E-state index contributed by atoms with van der Waals surface area (Å²) in [5.41, 5.74) is -0.0229. The van der Waals surface area contributed by atoms with Crippen LogP contribution < -0.4 is 10.9 Å². The minimum Gasteiger partial charge on any atom is -0.364 e. The topological polar surface area (TPSA) is 50.2 Å². The third-order valence-electron chi connectivity index (χ3n) is 3.40. The van der Waals surface area contributed by atoms with Crippen LogP contribution in [0, 0.1) is 5.92 Å². The molecule has 19 heavy (non-hydrogen) atoms. The van der Waals surface area contributed by atoms with Crippen molar-refractivity contribution in [2.75, 3.05) is 25.5 Å². The van der Waals surface area contributed by atoms with E-state index in [-0.39, 0.29) is 5.56 Å². The molecule has 0 bridgehead atoms. The second kappa shape index (κ2) is 6.19. The van der Waals surface area contributed by atoms with Crippen molar-refractivity contribution in [2.24, 2.45) is 5.92 Å². The molecule has 0 unspecified atom stereocenters. The lowest BCUT2D eigenvalue weighted by Crippen LogP contribution is -2.30. The van der Waals surface area contributed by atoms with Gasteiger partial charge in [0.05, 0.1) is 0 Å². The minimum atomic E-state index is -0.0229. The Morgan fingerprint density at radius 2 is 2.26 bits per heavy atom. The van der Waals surface area contributed by atoms with Gasteiger partial charge in [-0.25, -0.2) is 4.98 Å². The van der Waals surface area contributed by atoms with Gasteiger partial charge in [-0.05, 0) is 25.8 Å². The van der Waals surface area contributed by atoms with E-state index in [2.05, 4.69) is 36.1 Å². The summed E-state index contributed by atoms with van der Waals surface area (Å²) in [5.74, 6) is 0.918. The Bertz CT molecular complexity index is 465. The lowest BCUT2D eigenvalue weighted by molar-refractivity contribution is 0.337. The Balaban J connectivity index is 1.90. The average molecular weight is 264 g/mol. The summed E-state index contributed by atoms with van der Waals surface area (Å²) < 4.78 is 1.73. The van der Waals surface area contributed by atoms with Crippen molar-refractivity contribution < 1.29 is 0 Å². The first-order valence-corrected chi connectivity index (χ1v) is 7.07. The van der Waals surface area contributed by atoms with Gasteiger partial charge in [0, 0.05) is 38.1 Å². The maximum absolute atomic E-state index is 12.2. The molecular formula is C14H24N4O. The van der Waals surface area contributed by atoms with Crippen LogP contribution >= 0.6 is 0 Å². The van der Waals surface area contributed by atoms with Crippen LogP contribution in [0.15, 0.2) is 17.2 Å². The van der Waals surface area contributed by atoms with Gasteiger partial charge in [-0.1, -0.05) is 13.8 Å². The molecule has 1 N–H and O–H groups in total. The molecule has 5 heteroatoms. The molecule has 1 fully saturated rings. The van der Waals surface area contributed by atoms with Gasteiger partial charge in [-0.2, -0.15) is 0 Å². The SMILES string of the molecule is CC(C)Cn1ccnc(NCCN(C)C2CC2)c1=O. The van der Waals surface area contributed by atoms with Gasteiger partial charge >= 0.3 is 0 Å². The second-order valence-corrected chi connectivity index (χ2v) is 5.77. The van der Waals surface area contributed by atoms with Crippen molar-refractivity contribution in [2.45, 2.75) is 39.3 Å². The lowest BCUT2D eigenvalue weighted by Gasteiger charge is -2.16. The fraction of sp³-hybridized carbons (Fsp3) is 0.714. The van der Waals surface area contributed by atoms with Gasteiger partial charge in [0.25, 0.3) is 5.56 Å². The largest absolute Gasteiger partial charge is 0.364 e. The van der Waals surface area contributed by atoms with Crippen molar-refractivity contribution >= 4 is 5.82 Å². The van der Waals surface area contributed by atoms with Crippen LogP contribution in [0.2, 0.25) is 0 Å². The van der Waals surface area contributed by atoms with E-state index in [4.69, 9.17) is 0 Å². The van der Waals surface area contributed by atoms with Crippen LogP contribution in [0.5, 0.6) is 0 Å². The fourth-order valence-corrected chi connectivity index (χ4v) is 2.15. The standard InChI is InChI=1S/C14H24N4O/c1-11(2)10-18-9-7-16-13(14(18)19)15-6-8-17(3)12-4-5-12/h7,9,11-12H,4-6,8,10H2,1-3H3,(H,15,16). The zero-order valence-electron chi connectivity index (χ0n) is 12.1. The van der Waals surface area contributed by atoms with Crippen LogP contribution in [0.1, 0.15) is 26.7 Å². The van der Waals surface area contributed by atoms with E-state index in [0.717, 1.165) is 25.7 Å². The smallest absolute Gasteiger partial charge is 0.293 e. The van der Waals surface area contributed by atoms with Crippen molar-refractivity contribution in [3.8, 4) is 0 Å². The van der Waals surface area contributed by atoms with Crippen molar-refractivity contribution in [1.82, 2.24) is 14.5 Å². The van der Waals surface area contributed by atoms with Gasteiger partial charge in [-0.3, -0.25) is 4.79 Å². The zero-order valence-corrected chi connectivity index (χ0v) is 12.1. The summed E-state index contributed by atoms with van der Waals surface area (Å²) in [6.07, 6.45) is 6.06. The quantitative estimate of drug-likeness (QED) is 0.809. The number of aromatic nitrogens is 2. The minimum absolute atomic E-state index is 0.0229. The molecule has 1 aromatic rings. The maximum Gasteiger partial charge on any atom is 0.293 e. The second-order valence-electron chi connectivity index (χ2n) is 5.77. The predicted octanol–water partition coefficient (Wildman–Crippen LogP) is 1.41. The number of likely N-dealkylation sites (N-methyl/N-ethyl adjacent to an activating group) is 1. The molecule has 106 valence electrons. The average Bonchev–Trinajstić information content (AvgIpc) is 3.17. The third kappa shape index (κ3) is 4.06. The van der Waals surface area contributed by atoms with Gasteiger partial charge in [0.1, 0.15) is 0 Å². The molecular weight excluding hydrogens is 240 g/mol. The molecule has 1 saturated carbocycles. The number of hydrogen-bond acceptors (Lipinski definition) is 4. The third-order valence-corrected chi connectivity index (χ3v) is 3.40. The normalized spacial score (nSPS) is 15.2. The molecule has 0 atom stereocenters. The maximum atomic E-state index is 12.2. The van der Waals surface area contributed by atoms with Gasteiger partial charge in [-0.15, -0.1) is 0 Å². The van der Waals surface area contributed by atoms with Crippen LogP contribution in [-0.4, -0.2) is 40.6 Å². The number of rotatable bonds is 7. The highest BCUT2D eigenvalue weighted by Crippen LogP contribution is 2.24. The van der Waals surface area contributed by atoms with Crippen molar-refractivity contribution in [1.29, 1.82) is 0 Å². The number of nitrogens with one attached hydrogen (secondary N) is 1. The summed E-state index contributed by atoms with van der Waals surface area (Å²) >= 11 is 0. The molecule has 1 aromatic heterocycles. The number of nitrogens with zero attached hydrogens (tertiary/aromatic N) is 3. The van der Waals surface area contributed by atoms with Gasteiger partial charge in [0.15, 0.2) is 5.82 Å². The fourth-order valence-electron chi connectivity index (χ4n) is 2.15. The molecule has 0 aliphatic heterocycles. The summed E-state index contributed by atoms with van der Waals surface area (Å²) in [5, 5.41) is 3.15. The molecule has 2 rings (SSSR count).